The summed E-state index contributed by atoms with van der Waals surface area (Å²) in [6.45, 7) is 16.0. The van der Waals surface area contributed by atoms with Crippen molar-refractivity contribution in [3.63, 3.8) is 0 Å². The Labute approximate surface area is 360 Å². The molecule has 2 unspecified atom stereocenters. The second kappa shape index (κ2) is 21.4. The molecule has 3 amide bonds. The Balaban J connectivity index is 1.71. The van der Waals surface area contributed by atoms with Crippen molar-refractivity contribution in [1.82, 2.24) is 16.0 Å². The molecule has 328 valence electrons. The summed E-state index contributed by atoms with van der Waals surface area (Å²) in [7, 11) is -0.703. The molecule has 7 atom stereocenters. The lowest BCUT2D eigenvalue weighted by Gasteiger charge is -2.37. The molecule has 2 aliphatic heterocycles. The van der Waals surface area contributed by atoms with Gasteiger partial charge < -0.3 is 34.6 Å². The average Bonchev–Trinajstić information content (AvgIpc) is 4.02. The fourth-order valence-electron chi connectivity index (χ4n) is 7.45. The van der Waals surface area contributed by atoms with Gasteiger partial charge in [-0.15, -0.1) is 0 Å². The van der Waals surface area contributed by atoms with Gasteiger partial charge in [0.15, 0.2) is 8.32 Å². The number of halogens is 1. The van der Waals surface area contributed by atoms with Crippen LogP contribution in [0, 0.1) is 16.7 Å². The molecule has 60 heavy (non-hydrogen) atoms. The monoisotopic (exact) mass is 866 g/mol. The first kappa shape index (κ1) is 48.3. The predicted octanol–water partition coefficient (Wildman–Crippen LogP) is 7.90. The van der Waals surface area contributed by atoms with Gasteiger partial charge in [0.2, 0.25) is 17.7 Å². The van der Waals surface area contributed by atoms with E-state index >= 15 is 0 Å². The van der Waals surface area contributed by atoms with E-state index in [-0.39, 0.29) is 62.5 Å². The first-order chi connectivity index (χ1) is 28.4. The highest BCUT2D eigenvalue weighted by atomic mass is 35.5. The number of amides is 3. The lowest BCUT2D eigenvalue weighted by molar-refractivity contribution is -0.157. The number of epoxide rings is 1. The lowest BCUT2D eigenvalue weighted by Crippen LogP contribution is -2.57. The topological polar surface area (TPSA) is 193 Å². The maximum absolute atomic E-state index is 14.6. The molecule has 1 saturated heterocycles. The molecule has 1 fully saturated rings. The van der Waals surface area contributed by atoms with Crippen molar-refractivity contribution in [3.05, 3.63) is 86.8 Å². The van der Waals surface area contributed by atoms with Gasteiger partial charge in [0.05, 0.1) is 30.2 Å². The normalized spacial score (nSPS) is 25.5. The highest BCUT2D eigenvalue weighted by Gasteiger charge is 2.48. The van der Waals surface area contributed by atoms with Gasteiger partial charge >= 0.3 is 5.97 Å². The zero-order valence-corrected chi connectivity index (χ0v) is 38.3. The van der Waals surface area contributed by atoms with Gasteiger partial charge in [0.25, 0.3) is 0 Å². The van der Waals surface area contributed by atoms with E-state index < -0.39 is 55.6 Å². The molecule has 4 rings (SSSR count). The Morgan fingerprint density at radius 1 is 1.02 bits per heavy atom. The standard InChI is InChI=1S/C44H63ClN6O8Si/c1-10-60(11-2,12-3)57-27-44(8)26-47-40(53)33(23-30-18-21-36(56-9)32(45)22-30)49-37(52)15-13-14-35(58-41(54)34(50-42(44)55)24-43(5,6)7)28(4)38-39(59-38)31-19-16-29(17-20-31)25-48-51-46/h13,15-22,28,33-35,38-39H,10-12,14,23-27H2,1-9H3,(H,47,53)(H,49,52)(H,50,55)/b15-13+/t28?,33-,34+,35+,38-,39-,44?/m1/s1. The first-order valence-corrected chi connectivity index (χ1v) is 23.8. The van der Waals surface area contributed by atoms with Gasteiger partial charge in [-0.25, -0.2) is 4.79 Å². The smallest absolute Gasteiger partial charge is 0.328 e. The third-order valence-corrected chi connectivity index (χ3v) is 16.6. The van der Waals surface area contributed by atoms with Crippen molar-refractivity contribution in [2.75, 3.05) is 20.3 Å². The number of hydrogen-bond acceptors (Lipinski definition) is 9. The van der Waals surface area contributed by atoms with Crippen molar-refractivity contribution in [2.45, 2.75) is 130 Å². The van der Waals surface area contributed by atoms with Gasteiger partial charge in [0.1, 0.15) is 30.0 Å². The lowest BCUT2D eigenvalue weighted by atomic mass is 9.86. The van der Waals surface area contributed by atoms with Crippen LogP contribution in [0.3, 0.4) is 0 Å². The highest BCUT2D eigenvalue weighted by Crippen LogP contribution is 2.45. The second-order valence-electron chi connectivity index (χ2n) is 17.5. The van der Waals surface area contributed by atoms with E-state index in [2.05, 4.69) is 46.7 Å². The molecular weight excluding hydrogens is 804 g/mol. The summed E-state index contributed by atoms with van der Waals surface area (Å²) in [6, 6.07) is 13.2. The number of carbonyl (C=O) groups excluding carboxylic acids is 4. The maximum atomic E-state index is 14.6. The molecule has 0 aromatic heterocycles. The van der Waals surface area contributed by atoms with Crippen LogP contribution in [0.5, 0.6) is 5.75 Å². The van der Waals surface area contributed by atoms with Crippen LogP contribution in [-0.4, -0.2) is 76.6 Å². The van der Waals surface area contributed by atoms with E-state index in [1.165, 1.54) is 13.2 Å². The van der Waals surface area contributed by atoms with Crippen molar-refractivity contribution in [2.24, 2.45) is 21.9 Å². The molecule has 2 aromatic rings. The summed E-state index contributed by atoms with van der Waals surface area (Å²) in [6.07, 6.45) is 2.18. The van der Waals surface area contributed by atoms with E-state index in [9.17, 15) is 19.2 Å². The Hall–Kier alpha value is -4.40. The van der Waals surface area contributed by atoms with Crippen LogP contribution >= 0.6 is 11.6 Å². The molecule has 2 aromatic carbocycles. The Kier molecular flexibility index (Phi) is 17.2. The largest absolute Gasteiger partial charge is 0.495 e. The van der Waals surface area contributed by atoms with Crippen molar-refractivity contribution in [1.29, 1.82) is 0 Å². The molecule has 0 radical (unpaired) electrons. The zero-order chi connectivity index (χ0) is 44.3. The third kappa shape index (κ3) is 13.3. The van der Waals surface area contributed by atoms with E-state index in [0.717, 1.165) is 29.3 Å². The van der Waals surface area contributed by atoms with Crippen LogP contribution in [0.2, 0.25) is 23.2 Å². The first-order valence-electron chi connectivity index (χ1n) is 20.9. The third-order valence-electron chi connectivity index (χ3n) is 11.7. The minimum Gasteiger partial charge on any atom is -0.495 e. The quantitative estimate of drug-likeness (QED) is 0.0402. The van der Waals surface area contributed by atoms with Gasteiger partial charge in [0, 0.05) is 36.8 Å². The van der Waals surface area contributed by atoms with Gasteiger partial charge in [-0.2, -0.15) is 0 Å². The molecule has 16 heteroatoms. The number of rotatable bonds is 15. The Morgan fingerprint density at radius 2 is 1.68 bits per heavy atom. The number of nitrogens with one attached hydrogen (secondary N) is 3. The highest BCUT2D eigenvalue weighted by molar-refractivity contribution is 6.73. The number of methoxy groups -OCH3 is 1. The van der Waals surface area contributed by atoms with E-state index in [1.54, 1.807) is 31.2 Å². The van der Waals surface area contributed by atoms with Crippen LogP contribution in [0.15, 0.2) is 59.7 Å². The number of ether oxygens (including phenoxy) is 3. The SMILES string of the molecule is CC[Si](CC)(CC)OCC1(C)CNC(=O)[C@@H](Cc2ccc(OC)c(Cl)c2)NC(=O)/C=C/C[C@@H](C(C)[C@H]2O[C@@H]2c2ccc(CN=[N+]=[N-])cc2)OC(=O)[C@H](CC(C)(C)C)NC1=O. The summed E-state index contributed by atoms with van der Waals surface area (Å²) in [4.78, 5) is 59.4. The molecule has 0 aliphatic carbocycles. The van der Waals surface area contributed by atoms with Gasteiger partial charge in [-0.1, -0.05) is 102 Å². The van der Waals surface area contributed by atoms with Gasteiger partial charge in [-0.3, -0.25) is 14.4 Å². The van der Waals surface area contributed by atoms with E-state index in [1.807, 2.05) is 52.0 Å². The molecule has 14 nitrogen and oxygen atoms in total. The molecule has 0 bridgehead atoms. The molecule has 2 aliphatic rings. The number of azide groups is 1. The second-order valence-corrected chi connectivity index (χ2v) is 22.6. The summed E-state index contributed by atoms with van der Waals surface area (Å²) in [5.41, 5.74) is 9.47. The van der Waals surface area contributed by atoms with Crippen LogP contribution < -0.4 is 20.7 Å². The minimum atomic E-state index is -2.21. The molecule has 2 heterocycles. The molecule has 3 N–H and O–H groups in total. The fourth-order valence-corrected chi connectivity index (χ4v) is 10.5. The summed E-state index contributed by atoms with van der Waals surface area (Å²) < 4.78 is 24.5. The van der Waals surface area contributed by atoms with Crippen LogP contribution in [0.25, 0.3) is 10.4 Å². The zero-order valence-electron chi connectivity index (χ0n) is 36.5. The molecule has 0 saturated carbocycles. The van der Waals surface area contributed by atoms with Crippen molar-refractivity contribution < 1.29 is 37.8 Å². The van der Waals surface area contributed by atoms with Crippen molar-refractivity contribution >= 4 is 43.6 Å². The fraction of sp³-hybridized carbons (Fsp3) is 0.591. The minimum absolute atomic E-state index is 0.0125. The average molecular weight is 868 g/mol. The number of hydrogen-bond donors (Lipinski definition) is 3. The number of cyclic esters (lactones) is 1. The number of carbonyl (C=O) groups is 4. The maximum Gasteiger partial charge on any atom is 0.328 e. The molecular formula is C44H63ClN6O8Si. The predicted molar refractivity (Wildman–Crippen MR) is 234 cm³/mol. The number of esters is 1. The summed E-state index contributed by atoms with van der Waals surface area (Å²) >= 11 is 6.44. The van der Waals surface area contributed by atoms with E-state index in [0.29, 0.717) is 16.3 Å². The van der Waals surface area contributed by atoms with E-state index in [4.69, 9.17) is 35.8 Å². The summed E-state index contributed by atoms with van der Waals surface area (Å²) in [5, 5.41) is 12.8. The number of nitrogens with zero attached hydrogens (tertiary/aromatic N) is 3. The summed E-state index contributed by atoms with van der Waals surface area (Å²) in [5.74, 6) is -1.95. The van der Waals surface area contributed by atoms with Crippen LogP contribution in [0.1, 0.15) is 91.0 Å². The Morgan fingerprint density at radius 3 is 2.28 bits per heavy atom. The van der Waals surface area contributed by atoms with Crippen LogP contribution in [0.4, 0.5) is 0 Å². The van der Waals surface area contributed by atoms with Crippen LogP contribution in [-0.2, 0) is 46.0 Å². The Bertz CT molecular complexity index is 1890. The molecule has 0 spiro atoms. The van der Waals surface area contributed by atoms with Crippen molar-refractivity contribution in [3.8, 4) is 5.75 Å². The number of benzene rings is 2. The van der Waals surface area contributed by atoms with Gasteiger partial charge in [-0.05, 0) is 77.3 Å².